The van der Waals surface area contributed by atoms with Crippen LogP contribution in [0, 0.1) is 0 Å². The summed E-state index contributed by atoms with van der Waals surface area (Å²) in [7, 11) is -0.477. The van der Waals surface area contributed by atoms with Crippen LogP contribution < -0.4 is 0 Å². The molecule has 0 saturated carbocycles. The summed E-state index contributed by atoms with van der Waals surface area (Å²) in [4.78, 5) is 0. The van der Waals surface area contributed by atoms with Gasteiger partial charge in [0.1, 0.15) is 0 Å². The molecular formula is C11H26P. The van der Waals surface area contributed by atoms with E-state index >= 15 is 0 Å². The van der Waals surface area contributed by atoms with Crippen molar-refractivity contribution in [2.75, 3.05) is 24.6 Å². The molecule has 0 amide bonds. The van der Waals surface area contributed by atoms with Crippen LogP contribution in [0.25, 0.3) is 0 Å². The minimum absolute atomic E-state index is 0.477. The third-order valence-corrected chi connectivity index (χ3v) is 8.29. The minimum atomic E-state index is -0.477. The Bertz CT molecular complexity index is 82.2. The van der Waals surface area contributed by atoms with Crippen molar-refractivity contribution in [3.63, 3.8) is 0 Å². The number of hydrogen-bond acceptors (Lipinski definition) is 0. The van der Waals surface area contributed by atoms with Crippen LogP contribution in [0.1, 0.15) is 47.0 Å². The van der Waals surface area contributed by atoms with E-state index in [9.17, 15) is 0 Å². The zero-order valence-corrected chi connectivity index (χ0v) is 10.3. The molecule has 0 nitrogen and oxygen atoms in total. The highest BCUT2D eigenvalue weighted by atomic mass is 31.2. The molecule has 0 aliphatic heterocycles. The van der Waals surface area contributed by atoms with Gasteiger partial charge in [-0.15, -0.1) is 7.26 Å². The van der Waals surface area contributed by atoms with E-state index in [1.165, 1.54) is 25.4 Å². The van der Waals surface area contributed by atoms with Gasteiger partial charge in [-0.2, -0.15) is 0 Å². The predicted molar refractivity (Wildman–Crippen MR) is 62.9 cm³/mol. The van der Waals surface area contributed by atoms with Gasteiger partial charge in [0.2, 0.25) is 0 Å². The largest absolute Gasteiger partial charge is 0.125 e. The van der Waals surface area contributed by atoms with E-state index in [1.54, 1.807) is 18.5 Å². The van der Waals surface area contributed by atoms with Crippen LogP contribution in [-0.4, -0.2) is 24.6 Å². The Morgan fingerprint density at radius 1 is 0.667 bits per heavy atom. The van der Waals surface area contributed by atoms with Crippen LogP contribution in [0.3, 0.4) is 0 Å². The smallest absolute Gasteiger partial charge is 0.0362 e. The standard InChI is InChI=1S/C11H26P/c1-5-9-12(8-4,10-6-2)11-7-3/h5-11H2,1-4H3. The molecule has 0 aromatic heterocycles. The fraction of sp³-hybridized carbons (Fsp3) is 1.00. The molecule has 1 radical (unpaired) electrons. The molecular weight excluding hydrogens is 163 g/mol. The molecule has 0 unspecified atom stereocenters. The first kappa shape index (κ1) is 12.4. The molecule has 0 rings (SSSR count). The third kappa shape index (κ3) is 3.90. The van der Waals surface area contributed by atoms with Crippen molar-refractivity contribution >= 4 is 7.26 Å². The highest BCUT2D eigenvalue weighted by Gasteiger charge is 2.21. The first-order valence-electron chi connectivity index (χ1n) is 5.59. The predicted octanol–water partition coefficient (Wildman–Crippen LogP) is 4.25. The van der Waals surface area contributed by atoms with Crippen LogP contribution in [0.5, 0.6) is 0 Å². The van der Waals surface area contributed by atoms with E-state index in [2.05, 4.69) is 27.7 Å². The van der Waals surface area contributed by atoms with E-state index in [0.29, 0.717) is 0 Å². The Balaban J connectivity index is 4.06. The minimum Gasteiger partial charge on any atom is -0.125 e. The van der Waals surface area contributed by atoms with Crippen molar-refractivity contribution in [1.29, 1.82) is 0 Å². The molecule has 12 heavy (non-hydrogen) atoms. The molecule has 0 fully saturated rings. The molecule has 1 heteroatoms. The Labute approximate surface area is 79.5 Å². The van der Waals surface area contributed by atoms with E-state index in [0.717, 1.165) is 0 Å². The average molecular weight is 189 g/mol. The quantitative estimate of drug-likeness (QED) is 0.525. The van der Waals surface area contributed by atoms with Gasteiger partial charge in [-0.05, 0) is 24.6 Å². The maximum Gasteiger partial charge on any atom is -0.0362 e. The Morgan fingerprint density at radius 2 is 1.00 bits per heavy atom. The molecule has 0 N–H and O–H groups in total. The molecule has 0 aliphatic carbocycles. The highest BCUT2D eigenvalue weighted by molar-refractivity contribution is 7.75. The van der Waals surface area contributed by atoms with Crippen LogP contribution in [-0.2, 0) is 0 Å². The van der Waals surface area contributed by atoms with Crippen LogP contribution in [0.2, 0.25) is 0 Å². The van der Waals surface area contributed by atoms with Gasteiger partial charge in [-0.3, -0.25) is 0 Å². The topological polar surface area (TPSA) is 0 Å². The maximum atomic E-state index is 2.41. The zero-order chi connectivity index (χ0) is 9.45. The molecule has 0 saturated heterocycles. The molecule has 0 bridgehead atoms. The van der Waals surface area contributed by atoms with Gasteiger partial charge in [-0.25, -0.2) is 0 Å². The maximum absolute atomic E-state index is 2.41. The van der Waals surface area contributed by atoms with Crippen molar-refractivity contribution < 1.29 is 0 Å². The van der Waals surface area contributed by atoms with Gasteiger partial charge in [0.15, 0.2) is 0 Å². The van der Waals surface area contributed by atoms with Crippen molar-refractivity contribution in [2.45, 2.75) is 47.0 Å². The van der Waals surface area contributed by atoms with Crippen molar-refractivity contribution in [1.82, 2.24) is 0 Å². The fourth-order valence-electron chi connectivity index (χ4n) is 2.23. The summed E-state index contributed by atoms with van der Waals surface area (Å²) >= 11 is 0. The Morgan fingerprint density at radius 3 is 1.17 bits per heavy atom. The summed E-state index contributed by atoms with van der Waals surface area (Å²) in [6, 6.07) is 0. The van der Waals surface area contributed by atoms with Gasteiger partial charge >= 0.3 is 0 Å². The van der Waals surface area contributed by atoms with E-state index in [-0.39, 0.29) is 0 Å². The lowest BCUT2D eigenvalue weighted by molar-refractivity contribution is 0.989. The SMILES string of the molecule is CCC[P](CC)(CCC)CCC. The van der Waals surface area contributed by atoms with Crippen LogP contribution in [0.4, 0.5) is 0 Å². The second-order valence-electron chi connectivity index (χ2n) is 3.83. The van der Waals surface area contributed by atoms with E-state index < -0.39 is 7.26 Å². The van der Waals surface area contributed by atoms with Crippen LogP contribution in [0.15, 0.2) is 0 Å². The van der Waals surface area contributed by atoms with E-state index in [1.807, 2.05) is 0 Å². The van der Waals surface area contributed by atoms with Crippen molar-refractivity contribution in [2.24, 2.45) is 0 Å². The molecule has 0 heterocycles. The fourth-order valence-corrected chi connectivity index (χ4v) is 6.70. The molecule has 0 atom stereocenters. The summed E-state index contributed by atoms with van der Waals surface area (Å²) in [5.74, 6) is 0. The second-order valence-corrected chi connectivity index (χ2v) is 8.49. The summed E-state index contributed by atoms with van der Waals surface area (Å²) < 4.78 is 0. The third-order valence-electron chi connectivity index (χ3n) is 2.76. The first-order chi connectivity index (χ1) is 5.74. The lowest BCUT2D eigenvalue weighted by atomic mass is 10.6. The summed E-state index contributed by atoms with van der Waals surface area (Å²) in [6.07, 6.45) is 10.3. The lowest BCUT2D eigenvalue weighted by Crippen LogP contribution is -2.09. The van der Waals surface area contributed by atoms with Gasteiger partial charge in [0, 0.05) is 0 Å². The summed E-state index contributed by atoms with van der Waals surface area (Å²) in [6.45, 7) is 9.44. The van der Waals surface area contributed by atoms with Gasteiger partial charge in [0.05, 0.1) is 0 Å². The Kier molecular flexibility index (Phi) is 7.14. The highest BCUT2D eigenvalue weighted by Crippen LogP contribution is 2.59. The average Bonchev–Trinajstić information content (AvgIpc) is 2.06. The second kappa shape index (κ2) is 6.89. The van der Waals surface area contributed by atoms with Crippen molar-refractivity contribution in [3.8, 4) is 0 Å². The lowest BCUT2D eigenvalue weighted by Gasteiger charge is -2.35. The number of rotatable bonds is 7. The molecule has 75 valence electrons. The van der Waals surface area contributed by atoms with Crippen LogP contribution >= 0.6 is 7.26 Å². The van der Waals surface area contributed by atoms with Gasteiger partial charge in [0.25, 0.3) is 0 Å². The van der Waals surface area contributed by atoms with Gasteiger partial charge < -0.3 is 0 Å². The number of hydrogen-bond donors (Lipinski definition) is 0. The van der Waals surface area contributed by atoms with Crippen molar-refractivity contribution in [3.05, 3.63) is 0 Å². The molecule has 0 aromatic rings. The molecule has 0 spiro atoms. The monoisotopic (exact) mass is 189 g/mol. The first-order valence-corrected chi connectivity index (χ1v) is 8.12. The summed E-state index contributed by atoms with van der Waals surface area (Å²) in [5.41, 5.74) is 0. The normalized spacial score (nSPS) is 12.0. The molecule has 0 aromatic carbocycles. The van der Waals surface area contributed by atoms with Gasteiger partial charge in [-0.1, -0.05) is 47.0 Å². The molecule has 0 aliphatic rings. The Hall–Kier alpha value is 0.430. The zero-order valence-electron chi connectivity index (χ0n) is 9.40. The van der Waals surface area contributed by atoms with E-state index in [4.69, 9.17) is 0 Å². The summed E-state index contributed by atoms with van der Waals surface area (Å²) in [5, 5.41) is 0.